The average Bonchev–Trinajstić information content (AvgIpc) is 2.61. The first-order valence-electron chi connectivity index (χ1n) is 7.83. The number of pyridine rings is 1. The molecule has 2 aromatic rings. The molecule has 2 aliphatic heterocycles. The van der Waals surface area contributed by atoms with E-state index >= 15 is 0 Å². The maximum absolute atomic E-state index is 6.15. The molecule has 0 radical (unpaired) electrons. The standard InChI is InChI=1S/C18H20N2O2/c1-21-13-4-5-16-15(11-13)18-14(3-2-10-22-18)17(20-16)12-6-8-19-9-7-12/h4-9,11,14,17-18,20H,2-3,10H2,1H3/t14-,17-,18-/m0/s1. The van der Waals surface area contributed by atoms with Gasteiger partial charge in [-0.1, -0.05) is 0 Å². The van der Waals surface area contributed by atoms with Gasteiger partial charge in [-0.2, -0.15) is 0 Å². The Labute approximate surface area is 130 Å². The summed E-state index contributed by atoms with van der Waals surface area (Å²) in [5, 5.41) is 3.70. The third-order valence-electron chi connectivity index (χ3n) is 4.74. The van der Waals surface area contributed by atoms with Crippen molar-refractivity contribution in [2.75, 3.05) is 19.0 Å². The fourth-order valence-corrected chi connectivity index (χ4v) is 3.68. The summed E-state index contributed by atoms with van der Waals surface area (Å²) >= 11 is 0. The Balaban J connectivity index is 1.77. The van der Waals surface area contributed by atoms with Crippen molar-refractivity contribution in [2.45, 2.75) is 25.0 Å². The minimum Gasteiger partial charge on any atom is -0.497 e. The lowest BCUT2D eigenvalue weighted by Crippen LogP contribution is -2.36. The number of ether oxygens (including phenoxy) is 2. The lowest BCUT2D eigenvalue weighted by atomic mass is 9.77. The summed E-state index contributed by atoms with van der Waals surface area (Å²) in [6, 6.07) is 10.7. The molecule has 0 amide bonds. The Kier molecular flexibility index (Phi) is 3.47. The molecule has 2 aliphatic rings. The molecule has 22 heavy (non-hydrogen) atoms. The molecule has 4 nitrogen and oxygen atoms in total. The van der Waals surface area contributed by atoms with E-state index in [0.29, 0.717) is 5.92 Å². The molecule has 4 heteroatoms. The Morgan fingerprint density at radius 3 is 2.91 bits per heavy atom. The second-order valence-corrected chi connectivity index (χ2v) is 5.95. The van der Waals surface area contributed by atoms with Gasteiger partial charge in [0.2, 0.25) is 0 Å². The summed E-state index contributed by atoms with van der Waals surface area (Å²) in [6.07, 6.45) is 6.14. The number of nitrogens with one attached hydrogen (secondary N) is 1. The number of aromatic nitrogens is 1. The van der Waals surface area contributed by atoms with Gasteiger partial charge in [-0.25, -0.2) is 0 Å². The van der Waals surface area contributed by atoms with Gasteiger partial charge >= 0.3 is 0 Å². The molecule has 0 spiro atoms. The molecule has 1 aromatic heterocycles. The van der Waals surface area contributed by atoms with E-state index < -0.39 is 0 Å². The van der Waals surface area contributed by atoms with Gasteiger partial charge in [-0.15, -0.1) is 0 Å². The molecule has 1 fully saturated rings. The smallest absolute Gasteiger partial charge is 0.119 e. The number of anilines is 1. The van der Waals surface area contributed by atoms with E-state index in [1.165, 1.54) is 17.5 Å². The first-order chi connectivity index (χ1) is 10.9. The van der Waals surface area contributed by atoms with Crippen molar-refractivity contribution >= 4 is 5.69 Å². The maximum Gasteiger partial charge on any atom is 0.119 e. The topological polar surface area (TPSA) is 43.4 Å². The van der Waals surface area contributed by atoms with Crippen LogP contribution in [0.25, 0.3) is 0 Å². The summed E-state index contributed by atoms with van der Waals surface area (Å²) in [4.78, 5) is 4.14. The Bertz CT molecular complexity index is 659. The van der Waals surface area contributed by atoms with Crippen molar-refractivity contribution in [3.63, 3.8) is 0 Å². The lowest BCUT2D eigenvalue weighted by Gasteiger charge is -2.43. The first kappa shape index (κ1) is 13.6. The molecular weight excluding hydrogens is 276 g/mol. The molecule has 0 saturated carbocycles. The van der Waals surface area contributed by atoms with E-state index in [0.717, 1.165) is 24.5 Å². The van der Waals surface area contributed by atoms with Crippen molar-refractivity contribution in [3.05, 3.63) is 53.9 Å². The van der Waals surface area contributed by atoms with Gasteiger partial charge in [-0.05, 0) is 48.7 Å². The van der Waals surface area contributed by atoms with Gasteiger partial charge in [0.05, 0.1) is 19.3 Å². The molecule has 0 aliphatic carbocycles. The average molecular weight is 296 g/mol. The zero-order chi connectivity index (χ0) is 14.9. The van der Waals surface area contributed by atoms with Crippen LogP contribution in [0, 0.1) is 5.92 Å². The predicted molar refractivity (Wildman–Crippen MR) is 85.0 cm³/mol. The highest BCUT2D eigenvalue weighted by atomic mass is 16.5. The Morgan fingerprint density at radius 1 is 1.23 bits per heavy atom. The van der Waals surface area contributed by atoms with Gasteiger partial charge in [-0.3, -0.25) is 4.98 Å². The van der Waals surface area contributed by atoms with Gasteiger partial charge in [0, 0.05) is 36.2 Å². The second-order valence-electron chi connectivity index (χ2n) is 5.95. The molecule has 1 saturated heterocycles. The molecule has 1 N–H and O–H groups in total. The highest BCUT2D eigenvalue weighted by Crippen LogP contribution is 2.49. The summed E-state index contributed by atoms with van der Waals surface area (Å²) < 4.78 is 11.5. The fraction of sp³-hybridized carbons (Fsp3) is 0.389. The zero-order valence-electron chi connectivity index (χ0n) is 12.7. The third-order valence-corrected chi connectivity index (χ3v) is 4.74. The van der Waals surface area contributed by atoms with Crippen molar-refractivity contribution in [2.24, 2.45) is 5.92 Å². The first-order valence-corrected chi connectivity index (χ1v) is 7.83. The summed E-state index contributed by atoms with van der Waals surface area (Å²) in [5.41, 5.74) is 3.64. The lowest BCUT2D eigenvalue weighted by molar-refractivity contribution is -0.0382. The van der Waals surface area contributed by atoms with E-state index in [2.05, 4.69) is 34.6 Å². The van der Waals surface area contributed by atoms with Crippen LogP contribution in [-0.2, 0) is 4.74 Å². The van der Waals surface area contributed by atoms with E-state index in [-0.39, 0.29) is 12.1 Å². The molecule has 0 bridgehead atoms. The van der Waals surface area contributed by atoms with Crippen LogP contribution in [0.3, 0.4) is 0 Å². The van der Waals surface area contributed by atoms with E-state index in [4.69, 9.17) is 9.47 Å². The van der Waals surface area contributed by atoms with Gasteiger partial charge in [0.25, 0.3) is 0 Å². The quantitative estimate of drug-likeness (QED) is 0.917. The molecular formula is C18H20N2O2. The molecule has 0 unspecified atom stereocenters. The normalized spacial score (nSPS) is 26.5. The number of benzene rings is 1. The highest BCUT2D eigenvalue weighted by Gasteiger charge is 2.39. The van der Waals surface area contributed by atoms with Crippen LogP contribution in [0.2, 0.25) is 0 Å². The van der Waals surface area contributed by atoms with Crippen molar-refractivity contribution in [3.8, 4) is 5.75 Å². The van der Waals surface area contributed by atoms with Gasteiger partial charge < -0.3 is 14.8 Å². The monoisotopic (exact) mass is 296 g/mol. The maximum atomic E-state index is 6.15. The Morgan fingerprint density at radius 2 is 2.09 bits per heavy atom. The van der Waals surface area contributed by atoms with Gasteiger partial charge in [0.1, 0.15) is 5.75 Å². The minimum absolute atomic E-state index is 0.137. The largest absolute Gasteiger partial charge is 0.497 e. The van der Waals surface area contributed by atoms with E-state index in [1.54, 1.807) is 7.11 Å². The van der Waals surface area contributed by atoms with Crippen molar-refractivity contribution in [1.29, 1.82) is 0 Å². The summed E-state index contributed by atoms with van der Waals surface area (Å²) in [6.45, 7) is 0.834. The van der Waals surface area contributed by atoms with Crippen LogP contribution in [0.1, 0.15) is 36.1 Å². The van der Waals surface area contributed by atoms with E-state index in [9.17, 15) is 0 Å². The van der Waals surface area contributed by atoms with Crippen LogP contribution >= 0.6 is 0 Å². The fourth-order valence-electron chi connectivity index (χ4n) is 3.68. The molecule has 3 atom stereocenters. The molecule has 4 rings (SSSR count). The van der Waals surface area contributed by atoms with Crippen molar-refractivity contribution in [1.82, 2.24) is 4.98 Å². The van der Waals surface area contributed by atoms with Crippen LogP contribution in [0.15, 0.2) is 42.7 Å². The van der Waals surface area contributed by atoms with Crippen LogP contribution in [0.5, 0.6) is 5.75 Å². The Hall–Kier alpha value is -2.07. The van der Waals surface area contributed by atoms with Crippen LogP contribution in [0.4, 0.5) is 5.69 Å². The summed E-state index contributed by atoms with van der Waals surface area (Å²) in [7, 11) is 1.71. The molecule has 1 aromatic carbocycles. The van der Waals surface area contributed by atoms with Crippen molar-refractivity contribution < 1.29 is 9.47 Å². The summed E-state index contributed by atoms with van der Waals surface area (Å²) in [5.74, 6) is 1.33. The third kappa shape index (κ3) is 2.24. The predicted octanol–water partition coefficient (Wildman–Crippen LogP) is 3.72. The number of fused-ring (bicyclic) bond motifs is 3. The number of rotatable bonds is 2. The van der Waals surface area contributed by atoms with Gasteiger partial charge in [0.15, 0.2) is 0 Å². The molecule has 114 valence electrons. The minimum atomic E-state index is 0.137. The van der Waals surface area contributed by atoms with Crippen LogP contribution in [-0.4, -0.2) is 18.7 Å². The number of methoxy groups -OCH3 is 1. The van der Waals surface area contributed by atoms with Crippen LogP contribution < -0.4 is 10.1 Å². The van der Waals surface area contributed by atoms with E-state index in [1.807, 2.05) is 18.5 Å². The second kappa shape index (κ2) is 5.61. The number of nitrogens with zero attached hydrogens (tertiary/aromatic N) is 1. The number of hydrogen-bond donors (Lipinski definition) is 1. The molecule has 3 heterocycles. The zero-order valence-corrected chi connectivity index (χ0v) is 12.7. The highest BCUT2D eigenvalue weighted by molar-refractivity contribution is 5.59. The SMILES string of the molecule is COc1ccc2c(c1)[C@H]1OCCC[C@H]1[C@H](c1ccncc1)N2. The number of hydrogen-bond acceptors (Lipinski definition) is 4.